The molecule has 0 unspecified atom stereocenters. The van der Waals surface area contributed by atoms with Gasteiger partial charge < -0.3 is 10.2 Å². The molecule has 2 aromatic heterocycles. The molecule has 0 atom stereocenters. The summed E-state index contributed by atoms with van der Waals surface area (Å²) in [5.41, 5.74) is 4.01. The Bertz CT molecular complexity index is 824. The number of anilines is 1. The van der Waals surface area contributed by atoms with Crippen LogP contribution in [0.25, 0.3) is 0 Å². The molecular weight excluding hydrogens is 336 g/mol. The highest BCUT2D eigenvalue weighted by atomic mass is 16.2. The Morgan fingerprint density at radius 1 is 0.963 bits per heavy atom. The van der Waals surface area contributed by atoms with Gasteiger partial charge in [0.15, 0.2) is 0 Å². The predicted octanol–water partition coefficient (Wildman–Crippen LogP) is 4.83. The molecule has 0 bridgehead atoms. The highest BCUT2D eigenvalue weighted by Gasteiger charge is 2.15. The van der Waals surface area contributed by atoms with Gasteiger partial charge in [0.05, 0.1) is 0 Å². The first-order chi connectivity index (χ1) is 13.1. The van der Waals surface area contributed by atoms with E-state index in [1.54, 1.807) is 29.7 Å². The van der Waals surface area contributed by atoms with E-state index in [4.69, 9.17) is 0 Å². The van der Waals surface area contributed by atoms with Crippen LogP contribution in [0.1, 0.15) is 36.5 Å². The quantitative estimate of drug-likeness (QED) is 0.685. The van der Waals surface area contributed by atoms with Crippen molar-refractivity contribution in [3.63, 3.8) is 0 Å². The first kappa shape index (κ1) is 18.6. The number of pyridine rings is 2. The van der Waals surface area contributed by atoms with Gasteiger partial charge in [-0.15, -0.1) is 0 Å². The van der Waals surface area contributed by atoms with Crippen LogP contribution in [-0.4, -0.2) is 20.9 Å². The number of rotatable bonds is 6. The molecule has 1 aromatic carbocycles. The van der Waals surface area contributed by atoms with Crippen LogP contribution < -0.4 is 5.32 Å². The zero-order valence-corrected chi connectivity index (χ0v) is 15.7. The summed E-state index contributed by atoms with van der Waals surface area (Å²) in [4.78, 5) is 23.0. The van der Waals surface area contributed by atoms with Crippen LogP contribution in [0.5, 0.6) is 0 Å². The minimum absolute atomic E-state index is 0.142. The Hall–Kier alpha value is -3.21. The molecule has 0 aliphatic carbocycles. The van der Waals surface area contributed by atoms with Crippen LogP contribution in [0.15, 0.2) is 73.3 Å². The molecular formula is C22H24N4O. The van der Waals surface area contributed by atoms with Crippen molar-refractivity contribution in [2.75, 3.05) is 5.32 Å². The van der Waals surface area contributed by atoms with Crippen molar-refractivity contribution in [2.24, 2.45) is 0 Å². The summed E-state index contributed by atoms with van der Waals surface area (Å²) >= 11 is 0. The molecule has 0 radical (unpaired) electrons. The number of urea groups is 1. The van der Waals surface area contributed by atoms with Gasteiger partial charge in [0, 0.05) is 43.6 Å². The Kier molecular flexibility index (Phi) is 6.15. The normalized spacial score (nSPS) is 10.6. The van der Waals surface area contributed by atoms with E-state index < -0.39 is 0 Å². The zero-order valence-electron chi connectivity index (χ0n) is 15.7. The number of aromatic nitrogens is 2. The van der Waals surface area contributed by atoms with E-state index in [0.29, 0.717) is 19.0 Å². The van der Waals surface area contributed by atoms with Gasteiger partial charge in [-0.05, 0) is 52.9 Å². The maximum absolute atomic E-state index is 13.0. The van der Waals surface area contributed by atoms with Gasteiger partial charge in [-0.25, -0.2) is 4.79 Å². The molecule has 3 aromatic rings. The molecule has 5 heteroatoms. The summed E-state index contributed by atoms with van der Waals surface area (Å²) < 4.78 is 0. The number of carbonyl (C=O) groups excluding carboxylic acids is 1. The van der Waals surface area contributed by atoms with Gasteiger partial charge in [0.1, 0.15) is 0 Å². The average Bonchev–Trinajstić information content (AvgIpc) is 2.69. The fourth-order valence-electron chi connectivity index (χ4n) is 2.80. The summed E-state index contributed by atoms with van der Waals surface area (Å²) in [5, 5.41) is 3.03. The number of nitrogens with zero attached hydrogens (tertiary/aromatic N) is 3. The van der Waals surface area contributed by atoms with Crippen molar-refractivity contribution in [1.82, 2.24) is 14.9 Å². The maximum Gasteiger partial charge on any atom is 0.322 e. The van der Waals surface area contributed by atoms with Crippen LogP contribution in [0.2, 0.25) is 0 Å². The van der Waals surface area contributed by atoms with E-state index in [2.05, 4.69) is 35.2 Å². The maximum atomic E-state index is 13.0. The lowest BCUT2D eigenvalue weighted by Crippen LogP contribution is -2.34. The zero-order chi connectivity index (χ0) is 19.1. The number of hydrogen-bond donors (Lipinski definition) is 1. The van der Waals surface area contributed by atoms with Crippen molar-refractivity contribution in [3.8, 4) is 0 Å². The largest absolute Gasteiger partial charge is 0.322 e. The van der Waals surface area contributed by atoms with Crippen LogP contribution in [0.3, 0.4) is 0 Å². The number of amides is 2. The van der Waals surface area contributed by atoms with Crippen molar-refractivity contribution < 1.29 is 4.79 Å². The summed E-state index contributed by atoms with van der Waals surface area (Å²) in [6, 6.07) is 15.5. The Balaban J connectivity index is 1.78. The molecule has 5 nitrogen and oxygen atoms in total. The van der Waals surface area contributed by atoms with E-state index in [1.807, 2.05) is 42.5 Å². The third kappa shape index (κ3) is 5.38. The minimum atomic E-state index is -0.142. The van der Waals surface area contributed by atoms with E-state index in [1.165, 1.54) is 5.56 Å². The van der Waals surface area contributed by atoms with Gasteiger partial charge in [-0.3, -0.25) is 9.97 Å². The SMILES string of the molecule is CC(C)c1cccc(NC(=O)N(Cc2ccncc2)Cc2cccnc2)c1. The van der Waals surface area contributed by atoms with E-state index in [0.717, 1.165) is 16.8 Å². The van der Waals surface area contributed by atoms with E-state index in [-0.39, 0.29) is 6.03 Å². The summed E-state index contributed by atoms with van der Waals surface area (Å²) in [7, 11) is 0. The summed E-state index contributed by atoms with van der Waals surface area (Å²) in [6.45, 7) is 5.25. The number of hydrogen-bond acceptors (Lipinski definition) is 3. The fourth-order valence-corrected chi connectivity index (χ4v) is 2.80. The van der Waals surface area contributed by atoms with Gasteiger partial charge in [0.25, 0.3) is 0 Å². The highest BCUT2D eigenvalue weighted by Crippen LogP contribution is 2.19. The topological polar surface area (TPSA) is 58.1 Å². The molecule has 1 N–H and O–H groups in total. The second-order valence-corrected chi connectivity index (χ2v) is 6.78. The van der Waals surface area contributed by atoms with E-state index >= 15 is 0 Å². The third-order valence-corrected chi connectivity index (χ3v) is 4.31. The van der Waals surface area contributed by atoms with Gasteiger partial charge in [-0.2, -0.15) is 0 Å². The molecule has 0 aliphatic heterocycles. The molecule has 0 aliphatic rings. The molecule has 27 heavy (non-hydrogen) atoms. The standard InChI is InChI=1S/C22H24N4O/c1-17(2)20-6-3-7-21(13-20)25-22(27)26(15-18-8-11-23-12-9-18)16-19-5-4-10-24-14-19/h3-14,17H,15-16H2,1-2H3,(H,25,27). The fraction of sp³-hybridized carbons (Fsp3) is 0.227. The lowest BCUT2D eigenvalue weighted by molar-refractivity contribution is 0.206. The molecule has 2 amide bonds. The average molecular weight is 360 g/mol. The highest BCUT2D eigenvalue weighted by molar-refractivity contribution is 5.89. The molecule has 0 saturated heterocycles. The Labute approximate surface area is 160 Å². The minimum Gasteiger partial charge on any atom is -0.316 e. The summed E-state index contributed by atoms with van der Waals surface area (Å²) in [6.07, 6.45) is 6.99. The molecule has 0 saturated carbocycles. The summed E-state index contributed by atoms with van der Waals surface area (Å²) in [5.74, 6) is 0.408. The van der Waals surface area contributed by atoms with Gasteiger partial charge >= 0.3 is 6.03 Å². The van der Waals surface area contributed by atoms with Crippen molar-refractivity contribution in [3.05, 3.63) is 90.0 Å². The number of benzene rings is 1. The van der Waals surface area contributed by atoms with Crippen molar-refractivity contribution in [2.45, 2.75) is 32.9 Å². The van der Waals surface area contributed by atoms with Crippen LogP contribution >= 0.6 is 0 Å². The monoisotopic (exact) mass is 360 g/mol. The molecule has 138 valence electrons. The lowest BCUT2D eigenvalue weighted by Gasteiger charge is -2.23. The van der Waals surface area contributed by atoms with Crippen LogP contribution in [0.4, 0.5) is 10.5 Å². The van der Waals surface area contributed by atoms with E-state index in [9.17, 15) is 4.79 Å². The van der Waals surface area contributed by atoms with Crippen molar-refractivity contribution >= 4 is 11.7 Å². The van der Waals surface area contributed by atoms with Crippen molar-refractivity contribution in [1.29, 1.82) is 0 Å². The lowest BCUT2D eigenvalue weighted by atomic mass is 10.0. The second kappa shape index (κ2) is 8.94. The molecule has 0 spiro atoms. The predicted molar refractivity (Wildman–Crippen MR) is 107 cm³/mol. The third-order valence-electron chi connectivity index (χ3n) is 4.31. The van der Waals surface area contributed by atoms with Crippen LogP contribution in [-0.2, 0) is 13.1 Å². The Morgan fingerprint density at radius 2 is 1.74 bits per heavy atom. The Morgan fingerprint density at radius 3 is 2.44 bits per heavy atom. The molecule has 2 heterocycles. The van der Waals surface area contributed by atoms with Gasteiger partial charge in [-0.1, -0.05) is 32.0 Å². The molecule has 0 fully saturated rings. The van der Waals surface area contributed by atoms with Gasteiger partial charge in [0.2, 0.25) is 0 Å². The second-order valence-electron chi connectivity index (χ2n) is 6.78. The smallest absolute Gasteiger partial charge is 0.316 e. The molecule has 3 rings (SSSR count). The first-order valence-corrected chi connectivity index (χ1v) is 9.05. The van der Waals surface area contributed by atoms with Crippen LogP contribution in [0, 0.1) is 0 Å². The first-order valence-electron chi connectivity index (χ1n) is 9.05. The number of nitrogens with one attached hydrogen (secondary N) is 1. The number of carbonyl (C=O) groups is 1.